The van der Waals surface area contributed by atoms with Gasteiger partial charge in [-0.3, -0.25) is 0 Å². The molecule has 0 atom stereocenters. The van der Waals surface area contributed by atoms with Gasteiger partial charge >= 0.3 is 0 Å². The molecule has 0 radical (unpaired) electrons. The highest BCUT2D eigenvalue weighted by molar-refractivity contribution is 7.15. The summed E-state index contributed by atoms with van der Waals surface area (Å²) in [6.45, 7) is 8.08. The first-order chi connectivity index (χ1) is 6.19. The zero-order valence-electron chi connectivity index (χ0n) is 8.45. The van der Waals surface area contributed by atoms with Gasteiger partial charge in [0.2, 0.25) is 0 Å². The van der Waals surface area contributed by atoms with E-state index < -0.39 is 0 Å². The monoisotopic (exact) mass is 199 g/mol. The molecule has 0 amide bonds. The van der Waals surface area contributed by atoms with E-state index in [0.717, 1.165) is 16.6 Å². The van der Waals surface area contributed by atoms with Crippen molar-refractivity contribution < 1.29 is 0 Å². The summed E-state index contributed by atoms with van der Waals surface area (Å²) in [5.41, 5.74) is 5.53. The third-order valence-electron chi connectivity index (χ3n) is 1.95. The van der Waals surface area contributed by atoms with Crippen LogP contribution in [0.25, 0.3) is 0 Å². The van der Waals surface area contributed by atoms with E-state index >= 15 is 0 Å². The lowest BCUT2D eigenvalue weighted by Gasteiger charge is -2.23. The minimum Gasteiger partial charge on any atom is -0.346 e. The topological polar surface area (TPSA) is 42.2 Å². The van der Waals surface area contributed by atoms with Crippen molar-refractivity contribution in [2.45, 2.75) is 33.4 Å². The van der Waals surface area contributed by atoms with Gasteiger partial charge in [0.15, 0.2) is 5.13 Å². The fourth-order valence-electron chi connectivity index (χ4n) is 1.25. The van der Waals surface area contributed by atoms with Gasteiger partial charge in [-0.05, 0) is 20.8 Å². The molecule has 1 aromatic heterocycles. The predicted molar refractivity (Wildman–Crippen MR) is 58.2 cm³/mol. The molecule has 0 aromatic carbocycles. The molecule has 0 saturated heterocycles. The van der Waals surface area contributed by atoms with E-state index in [-0.39, 0.29) is 0 Å². The van der Waals surface area contributed by atoms with Crippen molar-refractivity contribution in [2.75, 3.05) is 11.4 Å². The predicted octanol–water partition coefficient (Wildman–Crippen LogP) is 1.84. The maximum atomic E-state index is 5.53. The molecule has 1 aromatic rings. The Hall–Kier alpha value is -0.610. The van der Waals surface area contributed by atoms with E-state index in [1.807, 2.05) is 6.20 Å². The van der Waals surface area contributed by atoms with Crippen molar-refractivity contribution in [2.24, 2.45) is 5.73 Å². The summed E-state index contributed by atoms with van der Waals surface area (Å²) in [6.07, 6.45) is 1.87. The lowest BCUT2D eigenvalue weighted by molar-refractivity contribution is 0.701. The molecule has 2 N–H and O–H groups in total. The molecule has 3 nitrogen and oxygen atoms in total. The molecule has 0 spiro atoms. The normalized spacial score (nSPS) is 10.8. The highest BCUT2D eigenvalue weighted by atomic mass is 32.1. The molecular weight excluding hydrogens is 182 g/mol. The van der Waals surface area contributed by atoms with Gasteiger partial charge in [-0.1, -0.05) is 0 Å². The van der Waals surface area contributed by atoms with Gasteiger partial charge in [0.05, 0.1) is 0 Å². The second kappa shape index (κ2) is 4.58. The molecule has 0 bridgehead atoms. The van der Waals surface area contributed by atoms with Gasteiger partial charge in [-0.25, -0.2) is 4.98 Å². The largest absolute Gasteiger partial charge is 0.346 e. The Morgan fingerprint density at radius 3 is 2.69 bits per heavy atom. The Balaban J connectivity index is 2.79. The summed E-state index contributed by atoms with van der Waals surface area (Å²) in [5, 5.41) is 1.08. The van der Waals surface area contributed by atoms with Crippen molar-refractivity contribution in [3.8, 4) is 0 Å². The number of aromatic nitrogens is 1. The number of nitrogens with two attached hydrogens (primary N) is 1. The molecule has 4 heteroatoms. The second-order valence-corrected chi connectivity index (χ2v) is 4.29. The van der Waals surface area contributed by atoms with Crippen molar-refractivity contribution in [1.29, 1.82) is 0 Å². The Kier molecular flexibility index (Phi) is 3.69. The lowest BCUT2D eigenvalue weighted by atomic mass is 10.3. The molecule has 74 valence electrons. The minimum atomic E-state index is 0.502. The number of nitrogens with zero attached hydrogens (tertiary/aromatic N) is 2. The quantitative estimate of drug-likeness (QED) is 0.804. The fourth-order valence-corrected chi connectivity index (χ4v) is 2.23. The Morgan fingerprint density at radius 1 is 1.62 bits per heavy atom. The first-order valence-corrected chi connectivity index (χ1v) is 5.42. The first-order valence-electron chi connectivity index (χ1n) is 4.60. The molecule has 1 heterocycles. The van der Waals surface area contributed by atoms with Crippen LogP contribution in [0.4, 0.5) is 5.13 Å². The Labute approximate surface area is 83.6 Å². The van der Waals surface area contributed by atoms with E-state index in [1.54, 1.807) is 11.3 Å². The van der Waals surface area contributed by atoms with Crippen LogP contribution in [0.5, 0.6) is 0 Å². The zero-order valence-corrected chi connectivity index (χ0v) is 9.27. The summed E-state index contributed by atoms with van der Waals surface area (Å²) < 4.78 is 0. The summed E-state index contributed by atoms with van der Waals surface area (Å²) in [4.78, 5) is 7.76. The molecule has 0 aliphatic carbocycles. The van der Waals surface area contributed by atoms with E-state index in [9.17, 15) is 0 Å². The summed E-state index contributed by atoms with van der Waals surface area (Å²) in [5.74, 6) is 0. The number of anilines is 1. The van der Waals surface area contributed by atoms with Gasteiger partial charge in [-0.15, -0.1) is 11.3 Å². The first kappa shape index (κ1) is 10.5. The number of hydrogen-bond acceptors (Lipinski definition) is 4. The summed E-state index contributed by atoms with van der Waals surface area (Å²) in [7, 11) is 0. The van der Waals surface area contributed by atoms with Crippen LogP contribution in [-0.4, -0.2) is 17.6 Å². The minimum absolute atomic E-state index is 0.502. The van der Waals surface area contributed by atoms with Crippen LogP contribution in [0.15, 0.2) is 6.20 Å². The molecule has 0 fully saturated rings. The van der Waals surface area contributed by atoms with E-state index in [0.29, 0.717) is 12.6 Å². The average Bonchev–Trinajstić information content (AvgIpc) is 2.53. The van der Waals surface area contributed by atoms with Gasteiger partial charge in [-0.2, -0.15) is 0 Å². The average molecular weight is 199 g/mol. The molecule has 13 heavy (non-hydrogen) atoms. The highest BCUT2D eigenvalue weighted by Gasteiger charge is 2.11. The van der Waals surface area contributed by atoms with Gasteiger partial charge in [0.1, 0.15) is 0 Å². The van der Waals surface area contributed by atoms with Crippen LogP contribution >= 0.6 is 11.3 Å². The third kappa shape index (κ3) is 2.42. The van der Waals surface area contributed by atoms with Crippen molar-refractivity contribution in [1.82, 2.24) is 4.98 Å². The number of hydrogen-bond donors (Lipinski definition) is 1. The van der Waals surface area contributed by atoms with E-state index in [2.05, 4.69) is 30.7 Å². The number of thiazole rings is 1. The molecule has 0 unspecified atom stereocenters. The smallest absolute Gasteiger partial charge is 0.185 e. The Morgan fingerprint density at radius 2 is 2.31 bits per heavy atom. The standard InChI is InChI=1S/C9H17N3S/c1-4-12(7(2)3)9-11-6-8(5-10)13-9/h6-7H,4-5,10H2,1-3H3. The second-order valence-electron chi connectivity index (χ2n) is 3.19. The van der Waals surface area contributed by atoms with Crippen LogP contribution in [0.2, 0.25) is 0 Å². The molecule has 0 saturated carbocycles. The van der Waals surface area contributed by atoms with Gasteiger partial charge in [0.25, 0.3) is 0 Å². The highest BCUT2D eigenvalue weighted by Crippen LogP contribution is 2.23. The molecule has 0 aliphatic rings. The third-order valence-corrected chi connectivity index (χ3v) is 3.01. The van der Waals surface area contributed by atoms with E-state index in [4.69, 9.17) is 5.73 Å². The maximum Gasteiger partial charge on any atom is 0.185 e. The lowest BCUT2D eigenvalue weighted by Crippen LogP contribution is -2.29. The van der Waals surface area contributed by atoms with Gasteiger partial charge in [0, 0.05) is 30.2 Å². The van der Waals surface area contributed by atoms with Crippen LogP contribution in [0.3, 0.4) is 0 Å². The van der Waals surface area contributed by atoms with E-state index in [1.165, 1.54) is 0 Å². The maximum absolute atomic E-state index is 5.53. The summed E-state index contributed by atoms with van der Waals surface area (Å²) in [6, 6.07) is 0.502. The fraction of sp³-hybridized carbons (Fsp3) is 0.667. The van der Waals surface area contributed by atoms with Crippen LogP contribution in [0, 0.1) is 0 Å². The number of rotatable bonds is 4. The van der Waals surface area contributed by atoms with Crippen LogP contribution in [0.1, 0.15) is 25.6 Å². The Bertz CT molecular complexity index is 257. The SMILES string of the molecule is CCN(c1ncc(CN)s1)C(C)C. The molecular formula is C9H17N3S. The van der Waals surface area contributed by atoms with Crippen LogP contribution < -0.4 is 10.6 Å². The van der Waals surface area contributed by atoms with Gasteiger partial charge < -0.3 is 10.6 Å². The summed E-state index contributed by atoms with van der Waals surface area (Å²) >= 11 is 1.68. The molecule has 1 rings (SSSR count). The van der Waals surface area contributed by atoms with Crippen molar-refractivity contribution >= 4 is 16.5 Å². The molecule has 0 aliphatic heterocycles. The van der Waals surface area contributed by atoms with Crippen molar-refractivity contribution in [3.63, 3.8) is 0 Å². The van der Waals surface area contributed by atoms with Crippen molar-refractivity contribution in [3.05, 3.63) is 11.1 Å². The van der Waals surface area contributed by atoms with Crippen LogP contribution in [-0.2, 0) is 6.54 Å². The zero-order chi connectivity index (χ0) is 9.84.